The molecule has 0 aromatic carbocycles. The van der Waals surface area contributed by atoms with Gasteiger partial charge in [-0.3, -0.25) is 4.79 Å². The summed E-state index contributed by atoms with van der Waals surface area (Å²) in [6.07, 6.45) is 1.45. The molecule has 18 heavy (non-hydrogen) atoms. The van der Waals surface area contributed by atoms with Crippen LogP contribution in [-0.2, 0) is 19.1 Å². The van der Waals surface area contributed by atoms with E-state index in [9.17, 15) is 9.59 Å². The monoisotopic (exact) mass is 257 g/mol. The molecule has 0 heterocycles. The summed E-state index contributed by atoms with van der Waals surface area (Å²) in [4.78, 5) is 25.2. The number of hydrogen-bond acceptors (Lipinski definition) is 5. The lowest BCUT2D eigenvalue weighted by atomic mass is 10.1. The summed E-state index contributed by atoms with van der Waals surface area (Å²) in [6.45, 7) is 7.33. The lowest BCUT2D eigenvalue weighted by molar-refractivity contribution is -0.141. The van der Waals surface area contributed by atoms with Crippen LogP contribution in [0.3, 0.4) is 0 Å². The van der Waals surface area contributed by atoms with E-state index in [1.807, 2.05) is 20.8 Å². The van der Waals surface area contributed by atoms with Crippen molar-refractivity contribution in [1.82, 2.24) is 4.90 Å². The van der Waals surface area contributed by atoms with E-state index in [0.29, 0.717) is 0 Å². The predicted molar refractivity (Wildman–Crippen MR) is 69.1 cm³/mol. The zero-order valence-corrected chi connectivity index (χ0v) is 12.1. The molecule has 0 aliphatic rings. The minimum atomic E-state index is -0.617. The van der Waals surface area contributed by atoms with Gasteiger partial charge in [-0.1, -0.05) is 0 Å². The number of carbonyl (C=O) groups is 2. The highest BCUT2D eigenvalue weighted by molar-refractivity contribution is 6.17. The van der Waals surface area contributed by atoms with E-state index in [0.717, 1.165) is 0 Å². The van der Waals surface area contributed by atoms with Gasteiger partial charge in [-0.2, -0.15) is 0 Å². The average Bonchev–Trinajstić information content (AvgIpc) is 2.21. The van der Waals surface area contributed by atoms with E-state index >= 15 is 0 Å². The summed E-state index contributed by atoms with van der Waals surface area (Å²) in [6, 6.07) is 0. The van der Waals surface area contributed by atoms with E-state index < -0.39 is 11.6 Å². The van der Waals surface area contributed by atoms with Crippen LogP contribution in [0.4, 0.5) is 0 Å². The van der Waals surface area contributed by atoms with Gasteiger partial charge in [-0.25, -0.2) is 4.79 Å². The van der Waals surface area contributed by atoms with Gasteiger partial charge in [0.2, 0.25) is 0 Å². The largest absolute Gasteiger partial charge is 0.462 e. The fraction of sp³-hybridized carbons (Fsp3) is 0.692. The van der Waals surface area contributed by atoms with Gasteiger partial charge in [0.1, 0.15) is 12.2 Å². The van der Waals surface area contributed by atoms with Gasteiger partial charge in [0, 0.05) is 20.3 Å². The molecule has 0 saturated carbocycles. The van der Waals surface area contributed by atoms with Crippen molar-refractivity contribution in [1.29, 1.82) is 0 Å². The number of esters is 1. The summed E-state index contributed by atoms with van der Waals surface area (Å²) < 4.78 is 10.2. The van der Waals surface area contributed by atoms with E-state index in [-0.39, 0.29) is 24.6 Å². The van der Waals surface area contributed by atoms with Crippen LogP contribution in [0.2, 0.25) is 0 Å². The smallest absolute Gasteiger partial charge is 0.343 e. The van der Waals surface area contributed by atoms with Gasteiger partial charge in [-0.15, -0.1) is 0 Å². The number of hydrogen-bond donors (Lipinski definition) is 0. The van der Waals surface area contributed by atoms with Crippen LogP contribution in [0.5, 0.6) is 0 Å². The normalized spacial score (nSPS) is 12.2. The van der Waals surface area contributed by atoms with Crippen molar-refractivity contribution >= 4 is 11.8 Å². The molecule has 0 aliphatic heterocycles. The third-order valence-corrected chi connectivity index (χ3v) is 1.82. The van der Waals surface area contributed by atoms with Crippen LogP contribution in [0, 0.1) is 0 Å². The van der Waals surface area contributed by atoms with Gasteiger partial charge in [0.05, 0.1) is 12.2 Å². The summed E-state index contributed by atoms with van der Waals surface area (Å²) in [7, 11) is 3.47. The summed E-state index contributed by atoms with van der Waals surface area (Å²) >= 11 is 0. The number of ether oxygens (including phenoxy) is 2. The molecule has 0 aromatic rings. The van der Waals surface area contributed by atoms with Crippen molar-refractivity contribution in [2.75, 3.05) is 27.3 Å². The molecule has 0 atom stereocenters. The maximum Gasteiger partial charge on any atom is 0.343 e. The highest BCUT2D eigenvalue weighted by Gasteiger charge is 2.22. The second-order valence-corrected chi connectivity index (χ2v) is 5.05. The van der Waals surface area contributed by atoms with Crippen LogP contribution >= 0.6 is 0 Å². The Morgan fingerprint density at radius 3 is 2.17 bits per heavy atom. The van der Waals surface area contributed by atoms with Crippen molar-refractivity contribution in [3.8, 4) is 0 Å². The van der Waals surface area contributed by atoms with E-state index in [2.05, 4.69) is 0 Å². The molecular weight excluding hydrogens is 234 g/mol. The summed E-state index contributed by atoms with van der Waals surface area (Å²) in [5, 5.41) is 0. The van der Waals surface area contributed by atoms with E-state index in [1.54, 1.807) is 25.9 Å². The first-order chi connectivity index (χ1) is 8.17. The number of nitrogens with zero attached hydrogens (tertiary/aromatic N) is 1. The van der Waals surface area contributed by atoms with Crippen molar-refractivity contribution in [2.24, 2.45) is 0 Å². The number of Topliss-reactive ketones (excluding diaryl/α,β-unsaturated/α-hetero) is 1. The zero-order chi connectivity index (χ0) is 14.3. The Hall–Kier alpha value is -1.36. The molecule has 5 heteroatoms. The van der Waals surface area contributed by atoms with Crippen LogP contribution in [-0.4, -0.2) is 49.6 Å². The molecule has 0 rings (SSSR count). The lowest BCUT2D eigenvalue weighted by Crippen LogP contribution is -2.27. The molecule has 0 aromatic heterocycles. The highest BCUT2D eigenvalue weighted by atomic mass is 16.5. The Morgan fingerprint density at radius 1 is 1.22 bits per heavy atom. The van der Waals surface area contributed by atoms with Crippen molar-refractivity contribution in [2.45, 2.75) is 33.3 Å². The molecule has 0 unspecified atom stereocenters. The first-order valence-corrected chi connectivity index (χ1v) is 5.90. The Labute approximate surface area is 109 Å². The maximum absolute atomic E-state index is 11.9. The minimum Gasteiger partial charge on any atom is -0.462 e. The van der Waals surface area contributed by atoms with Crippen molar-refractivity contribution < 1.29 is 19.1 Å². The van der Waals surface area contributed by atoms with Crippen LogP contribution in [0.25, 0.3) is 0 Å². The van der Waals surface area contributed by atoms with Crippen LogP contribution in [0.1, 0.15) is 27.7 Å². The third kappa shape index (κ3) is 7.06. The van der Waals surface area contributed by atoms with E-state index in [1.165, 1.54) is 6.20 Å². The van der Waals surface area contributed by atoms with E-state index in [4.69, 9.17) is 9.47 Å². The second kappa shape index (κ2) is 7.16. The number of carbonyl (C=O) groups excluding carboxylic acids is 2. The maximum atomic E-state index is 11.9. The average molecular weight is 257 g/mol. The molecule has 0 radical (unpaired) electrons. The molecule has 0 N–H and O–H groups in total. The van der Waals surface area contributed by atoms with Crippen LogP contribution in [0.15, 0.2) is 11.8 Å². The Morgan fingerprint density at radius 2 is 1.78 bits per heavy atom. The molecular formula is C13H23NO4. The Balaban J connectivity index is 4.77. The first kappa shape index (κ1) is 16.6. The second-order valence-electron chi connectivity index (χ2n) is 5.05. The number of ketones is 1. The highest BCUT2D eigenvalue weighted by Crippen LogP contribution is 2.09. The Kier molecular flexibility index (Phi) is 6.62. The van der Waals surface area contributed by atoms with Gasteiger partial charge < -0.3 is 14.4 Å². The molecule has 5 nitrogen and oxygen atoms in total. The van der Waals surface area contributed by atoms with Gasteiger partial charge in [-0.05, 0) is 27.7 Å². The van der Waals surface area contributed by atoms with Gasteiger partial charge >= 0.3 is 5.97 Å². The molecule has 0 spiro atoms. The van der Waals surface area contributed by atoms with Crippen molar-refractivity contribution in [3.05, 3.63) is 11.8 Å². The van der Waals surface area contributed by atoms with Gasteiger partial charge in [0.25, 0.3) is 0 Å². The topological polar surface area (TPSA) is 55.8 Å². The molecule has 104 valence electrons. The lowest BCUT2D eigenvalue weighted by Gasteiger charge is -2.19. The summed E-state index contributed by atoms with van der Waals surface area (Å²) in [5.74, 6) is -0.995. The standard InChI is InChI=1S/C13H23NO4/c1-7-17-12(16)10(8-14(5)6)11(15)9-18-13(2,3)4/h8H,7,9H2,1-6H3/b10-8-. The minimum absolute atomic E-state index is 0.00565. The molecule has 0 saturated heterocycles. The summed E-state index contributed by atoms with van der Waals surface area (Å²) in [5.41, 5.74) is -0.417. The fourth-order valence-corrected chi connectivity index (χ4v) is 1.07. The first-order valence-electron chi connectivity index (χ1n) is 5.90. The molecule has 0 amide bonds. The van der Waals surface area contributed by atoms with Crippen molar-refractivity contribution in [3.63, 3.8) is 0 Å². The predicted octanol–water partition coefficient (Wildman–Crippen LogP) is 1.38. The quantitative estimate of drug-likeness (QED) is 0.311. The zero-order valence-electron chi connectivity index (χ0n) is 12.1. The fourth-order valence-electron chi connectivity index (χ4n) is 1.07. The van der Waals surface area contributed by atoms with Gasteiger partial charge in [0.15, 0.2) is 5.78 Å². The number of rotatable bonds is 6. The third-order valence-electron chi connectivity index (χ3n) is 1.82. The molecule has 0 aliphatic carbocycles. The molecule has 0 bridgehead atoms. The Bertz CT molecular complexity index is 326. The molecule has 0 fully saturated rings. The SMILES string of the molecule is CCOC(=O)/C(=C\N(C)C)C(=O)COC(C)(C)C. The van der Waals surface area contributed by atoms with Crippen LogP contribution < -0.4 is 0 Å².